The smallest absolute Gasteiger partial charge is 0.272 e. The zero-order valence-corrected chi connectivity index (χ0v) is 15.7. The molecule has 0 N–H and O–H groups in total. The number of carbonyl (C=O) groups is 2. The van der Waals surface area contributed by atoms with E-state index in [-0.39, 0.29) is 23.8 Å². The minimum Gasteiger partial charge on any atom is -0.334 e. The molecule has 5 rings (SSSR count). The predicted octanol–water partition coefficient (Wildman–Crippen LogP) is 1.81. The van der Waals surface area contributed by atoms with E-state index in [0.717, 1.165) is 24.2 Å². The summed E-state index contributed by atoms with van der Waals surface area (Å²) < 4.78 is 0. The summed E-state index contributed by atoms with van der Waals surface area (Å²) >= 11 is 1.53. The Kier molecular flexibility index (Phi) is 4.44. The van der Waals surface area contributed by atoms with Gasteiger partial charge in [-0.2, -0.15) is 0 Å². The Labute approximate surface area is 156 Å². The number of piperidine rings is 1. The maximum atomic E-state index is 13.0. The van der Waals surface area contributed by atoms with Gasteiger partial charge in [0.05, 0.1) is 23.7 Å². The van der Waals surface area contributed by atoms with Crippen LogP contribution in [0.3, 0.4) is 0 Å². The molecule has 2 atom stereocenters. The molecule has 0 aromatic carbocycles. The normalized spacial score (nSPS) is 22.6. The van der Waals surface area contributed by atoms with Crippen molar-refractivity contribution < 1.29 is 9.59 Å². The Bertz CT molecular complexity index is 818. The number of aromatic nitrogens is 3. The molecule has 2 aromatic heterocycles. The van der Waals surface area contributed by atoms with Gasteiger partial charge in [-0.1, -0.05) is 0 Å². The van der Waals surface area contributed by atoms with Gasteiger partial charge >= 0.3 is 0 Å². The minimum atomic E-state index is -0.139. The summed E-state index contributed by atoms with van der Waals surface area (Å²) in [5.74, 6) is 0.478. The number of carbonyl (C=O) groups excluding carboxylic acids is 2. The molecule has 0 spiro atoms. The Morgan fingerprint density at radius 1 is 1.27 bits per heavy atom. The lowest BCUT2D eigenvalue weighted by molar-refractivity contribution is -0.140. The average Bonchev–Trinajstić information content (AvgIpc) is 2.96. The summed E-state index contributed by atoms with van der Waals surface area (Å²) in [7, 11) is 0. The molecule has 0 radical (unpaired) electrons. The van der Waals surface area contributed by atoms with Gasteiger partial charge < -0.3 is 9.80 Å². The molecule has 5 heterocycles. The lowest BCUT2D eigenvalue weighted by Crippen LogP contribution is -2.47. The van der Waals surface area contributed by atoms with Gasteiger partial charge in [-0.05, 0) is 32.8 Å². The molecular weight excluding hydrogens is 350 g/mol. The van der Waals surface area contributed by atoms with Crippen LogP contribution in [0.25, 0.3) is 0 Å². The second kappa shape index (κ2) is 6.75. The van der Waals surface area contributed by atoms with E-state index in [2.05, 4.69) is 15.0 Å². The quantitative estimate of drug-likeness (QED) is 0.822. The predicted molar refractivity (Wildman–Crippen MR) is 96.6 cm³/mol. The SMILES string of the molecule is Cc1cc(C(=O)N2C[C@@H]3CC[C@H](C2)N(Cc2cscn2)C3=O)nc(C)n1. The largest absolute Gasteiger partial charge is 0.334 e. The van der Waals surface area contributed by atoms with Gasteiger partial charge in [0.15, 0.2) is 0 Å². The van der Waals surface area contributed by atoms with E-state index in [1.165, 1.54) is 11.3 Å². The summed E-state index contributed by atoms with van der Waals surface area (Å²) in [5, 5.41) is 1.97. The molecule has 3 saturated heterocycles. The number of thiazole rings is 1. The Hall–Kier alpha value is -2.35. The zero-order chi connectivity index (χ0) is 18.3. The molecule has 8 heteroatoms. The minimum absolute atomic E-state index is 0.0379. The van der Waals surface area contributed by atoms with Gasteiger partial charge in [-0.3, -0.25) is 9.59 Å². The monoisotopic (exact) mass is 371 g/mol. The van der Waals surface area contributed by atoms with Crippen LogP contribution in [-0.4, -0.2) is 55.7 Å². The van der Waals surface area contributed by atoms with Gasteiger partial charge in [0, 0.05) is 30.2 Å². The standard InChI is InChI=1S/C18H21N5O2S/c1-11-5-16(21-12(2)20-11)18(25)22-6-13-3-4-15(8-22)23(17(13)24)7-14-9-26-10-19-14/h5,9-10,13,15H,3-4,6-8H2,1-2H3/t13-,15+/m0/s1. The number of aryl methyl sites for hydroxylation is 2. The molecular formula is C18H21N5O2S. The summed E-state index contributed by atoms with van der Waals surface area (Å²) in [4.78, 5) is 42.4. The van der Waals surface area contributed by atoms with Gasteiger partial charge in [0.25, 0.3) is 5.91 Å². The highest BCUT2D eigenvalue weighted by Gasteiger charge is 2.42. The molecule has 136 valence electrons. The fraction of sp³-hybridized carbons (Fsp3) is 0.500. The highest BCUT2D eigenvalue weighted by molar-refractivity contribution is 7.07. The molecule has 2 amide bonds. The Morgan fingerprint density at radius 2 is 2.12 bits per heavy atom. The van der Waals surface area contributed by atoms with Crippen molar-refractivity contribution in [1.29, 1.82) is 0 Å². The van der Waals surface area contributed by atoms with Crippen LogP contribution in [0.4, 0.5) is 0 Å². The number of hydrogen-bond donors (Lipinski definition) is 0. The van der Waals surface area contributed by atoms with Crippen molar-refractivity contribution in [3.05, 3.63) is 39.9 Å². The van der Waals surface area contributed by atoms with Crippen molar-refractivity contribution in [3.63, 3.8) is 0 Å². The average molecular weight is 371 g/mol. The first-order chi connectivity index (χ1) is 12.5. The second-order valence-electron chi connectivity index (χ2n) is 7.03. The fourth-order valence-corrected chi connectivity index (χ4v) is 4.44. The topological polar surface area (TPSA) is 79.3 Å². The van der Waals surface area contributed by atoms with Gasteiger partial charge in [-0.15, -0.1) is 11.3 Å². The van der Waals surface area contributed by atoms with E-state index in [1.807, 2.05) is 17.2 Å². The van der Waals surface area contributed by atoms with Crippen LogP contribution in [0.1, 0.15) is 40.5 Å². The maximum Gasteiger partial charge on any atom is 0.272 e. The third-order valence-electron chi connectivity index (χ3n) is 5.08. The van der Waals surface area contributed by atoms with E-state index in [0.29, 0.717) is 31.2 Å². The Balaban J connectivity index is 1.57. The van der Waals surface area contributed by atoms with Crippen molar-refractivity contribution in [2.45, 2.75) is 39.3 Å². The van der Waals surface area contributed by atoms with Crippen molar-refractivity contribution in [2.24, 2.45) is 5.92 Å². The zero-order valence-electron chi connectivity index (χ0n) is 14.9. The van der Waals surface area contributed by atoms with Crippen LogP contribution in [0.5, 0.6) is 0 Å². The van der Waals surface area contributed by atoms with Crippen LogP contribution in [0.2, 0.25) is 0 Å². The summed E-state index contributed by atoms with van der Waals surface area (Å²) in [6.07, 6.45) is 1.76. The molecule has 0 aliphatic carbocycles. The highest BCUT2D eigenvalue weighted by Crippen LogP contribution is 2.31. The maximum absolute atomic E-state index is 13.0. The second-order valence-corrected chi connectivity index (χ2v) is 7.74. The van der Waals surface area contributed by atoms with E-state index in [1.54, 1.807) is 23.4 Å². The molecule has 7 nitrogen and oxygen atoms in total. The number of nitrogens with zero attached hydrogens (tertiary/aromatic N) is 5. The first kappa shape index (κ1) is 17.1. The molecule has 0 unspecified atom stereocenters. The molecule has 26 heavy (non-hydrogen) atoms. The first-order valence-electron chi connectivity index (χ1n) is 8.80. The van der Waals surface area contributed by atoms with Gasteiger partial charge in [0.2, 0.25) is 5.91 Å². The van der Waals surface area contributed by atoms with Crippen LogP contribution in [-0.2, 0) is 11.3 Å². The van der Waals surface area contributed by atoms with E-state index < -0.39 is 0 Å². The van der Waals surface area contributed by atoms with Gasteiger partial charge in [-0.25, -0.2) is 15.0 Å². The molecule has 3 aliphatic rings. The lowest BCUT2D eigenvalue weighted by Gasteiger charge is -2.35. The summed E-state index contributed by atoms with van der Waals surface area (Å²) in [6, 6.07) is 1.76. The molecule has 3 aliphatic heterocycles. The van der Waals surface area contributed by atoms with E-state index in [9.17, 15) is 9.59 Å². The van der Waals surface area contributed by atoms with Crippen LogP contribution >= 0.6 is 11.3 Å². The van der Waals surface area contributed by atoms with Crippen LogP contribution in [0.15, 0.2) is 17.0 Å². The van der Waals surface area contributed by atoms with E-state index >= 15 is 0 Å². The van der Waals surface area contributed by atoms with Crippen molar-refractivity contribution in [2.75, 3.05) is 13.1 Å². The van der Waals surface area contributed by atoms with E-state index in [4.69, 9.17) is 0 Å². The van der Waals surface area contributed by atoms with Crippen molar-refractivity contribution >= 4 is 23.2 Å². The van der Waals surface area contributed by atoms with Crippen LogP contribution < -0.4 is 0 Å². The summed E-state index contributed by atoms with van der Waals surface area (Å²) in [5.41, 5.74) is 3.89. The van der Waals surface area contributed by atoms with Crippen molar-refractivity contribution in [1.82, 2.24) is 24.8 Å². The number of fused-ring (bicyclic) bond motifs is 4. The number of amides is 2. The summed E-state index contributed by atoms with van der Waals surface area (Å²) in [6.45, 7) is 5.18. The lowest BCUT2D eigenvalue weighted by atomic mass is 9.94. The van der Waals surface area contributed by atoms with Gasteiger partial charge in [0.1, 0.15) is 11.5 Å². The number of rotatable bonds is 3. The third kappa shape index (κ3) is 3.21. The third-order valence-corrected chi connectivity index (χ3v) is 5.72. The molecule has 0 saturated carbocycles. The Morgan fingerprint density at radius 3 is 2.85 bits per heavy atom. The first-order valence-corrected chi connectivity index (χ1v) is 9.74. The number of hydrogen-bond acceptors (Lipinski definition) is 6. The molecule has 3 fully saturated rings. The van der Waals surface area contributed by atoms with Crippen molar-refractivity contribution in [3.8, 4) is 0 Å². The fourth-order valence-electron chi connectivity index (χ4n) is 3.89. The van der Waals surface area contributed by atoms with Crippen LogP contribution in [0, 0.1) is 19.8 Å². The highest BCUT2D eigenvalue weighted by atomic mass is 32.1. The molecule has 2 aromatic rings. The molecule has 2 bridgehead atoms.